The first-order chi connectivity index (χ1) is 18.5. The van der Waals surface area contributed by atoms with Crippen molar-refractivity contribution in [2.45, 2.75) is 51.7 Å². The minimum atomic E-state index is -0.679. The number of fused-ring (bicyclic) bond motifs is 3. The smallest absolute Gasteiger partial charge is 0.449 e. The molecule has 39 heavy (non-hydrogen) atoms. The van der Waals surface area contributed by atoms with Crippen LogP contribution < -0.4 is 16.8 Å². The predicted molar refractivity (Wildman–Crippen MR) is 155 cm³/mol. The van der Waals surface area contributed by atoms with Gasteiger partial charge in [0.25, 0.3) is 0 Å². The molecule has 8 nitrogen and oxygen atoms in total. The van der Waals surface area contributed by atoms with Gasteiger partial charge in [0.05, 0.1) is 16.9 Å². The summed E-state index contributed by atoms with van der Waals surface area (Å²) < 4.78 is 18.3. The molecule has 0 saturated carbocycles. The molecule has 0 radical (unpaired) electrons. The van der Waals surface area contributed by atoms with Crippen molar-refractivity contribution in [1.29, 1.82) is 0 Å². The molecule has 1 saturated heterocycles. The molecular formula is C30H35BN4O4. The van der Waals surface area contributed by atoms with Gasteiger partial charge in [-0.2, -0.15) is 0 Å². The molecule has 1 amide bonds. The van der Waals surface area contributed by atoms with Gasteiger partial charge in [-0.3, -0.25) is 0 Å². The summed E-state index contributed by atoms with van der Waals surface area (Å²) in [7, 11) is -0.679. The summed E-state index contributed by atoms with van der Waals surface area (Å²) >= 11 is 0. The van der Waals surface area contributed by atoms with Gasteiger partial charge in [0, 0.05) is 18.7 Å². The SMILES string of the molecule is Cc1c(C=C(CNC(=O)OCC2c3ccccc3-c3ccccc32)B2OC(C)(C)C(C)(C)O2)cnc(N)c1N. The van der Waals surface area contributed by atoms with Crippen LogP contribution in [0.2, 0.25) is 0 Å². The van der Waals surface area contributed by atoms with E-state index >= 15 is 0 Å². The van der Waals surface area contributed by atoms with Crippen molar-refractivity contribution in [2.24, 2.45) is 0 Å². The second-order valence-electron chi connectivity index (χ2n) is 11.1. The number of nitrogen functional groups attached to an aromatic ring is 2. The van der Waals surface area contributed by atoms with E-state index in [4.69, 9.17) is 25.5 Å². The van der Waals surface area contributed by atoms with E-state index in [1.54, 1.807) is 6.20 Å². The van der Waals surface area contributed by atoms with Gasteiger partial charge in [-0.1, -0.05) is 54.6 Å². The Bertz CT molecular complexity index is 1390. The zero-order valence-electron chi connectivity index (χ0n) is 23.1. The topological polar surface area (TPSA) is 122 Å². The first kappa shape index (κ1) is 26.8. The molecule has 2 aromatic carbocycles. The molecule has 1 aromatic heterocycles. The summed E-state index contributed by atoms with van der Waals surface area (Å²) in [4.78, 5) is 17.1. The number of amides is 1. The van der Waals surface area contributed by atoms with Crippen molar-refractivity contribution in [1.82, 2.24) is 10.3 Å². The normalized spacial score (nSPS) is 17.6. The second kappa shape index (κ2) is 10.1. The van der Waals surface area contributed by atoms with Crippen LogP contribution in [0.4, 0.5) is 16.3 Å². The third-order valence-corrected chi connectivity index (χ3v) is 8.13. The average Bonchev–Trinajstić information content (AvgIpc) is 3.34. The number of hydrogen-bond acceptors (Lipinski definition) is 7. The minimum absolute atomic E-state index is 0.0206. The molecule has 202 valence electrons. The van der Waals surface area contributed by atoms with E-state index in [9.17, 15) is 4.79 Å². The lowest BCUT2D eigenvalue weighted by molar-refractivity contribution is 0.00578. The van der Waals surface area contributed by atoms with Gasteiger partial charge in [-0.25, -0.2) is 9.78 Å². The molecule has 3 aromatic rings. The van der Waals surface area contributed by atoms with Gasteiger partial charge in [0.1, 0.15) is 12.4 Å². The number of rotatable bonds is 6. The lowest BCUT2D eigenvalue weighted by Crippen LogP contribution is -2.41. The molecule has 9 heteroatoms. The van der Waals surface area contributed by atoms with Crippen molar-refractivity contribution in [3.8, 4) is 11.1 Å². The molecular weight excluding hydrogens is 491 g/mol. The van der Waals surface area contributed by atoms with E-state index in [2.05, 4.69) is 34.6 Å². The second-order valence-corrected chi connectivity index (χ2v) is 11.1. The van der Waals surface area contributed by atoms with Crippen molar-refractivity contribution in [3.05, 3.63) is 82.5 Å². The van der Waals surface area contributed by atoms with Crippen LogP contribution in [0.5, 0.6) is 0 Å². The fourth-order valence-corrected chi connectivity index (χ4v) is 5.02. The standard InChI is InChI=1S/C30H35BN4O4/c1-18-19(15-34-27(33)26(18)32)14-20(31-38-29(2,3)30(4,5)39-31)16-35-28(36)37-17-25-23-12-8-6-10-21(23)22-11-7-9-13-24(22)25/h6-15,25H,16-17,32H2,1-5H3,(H2,33,34)(H,35,36). The third-order valence-electron chi connectivity index (χ3n) is 8.13. The number of pyridine rings is 1. The fraction of sp³-hybridized carbons (Fsp3) is 0.333. The highest BCUT2D eigenvalue weighted by molar-refractivity contribution is 6.56. The molecule has 1 aliphatic carbocycles. The van der Waals surface area contributed by atoms with E-state index in [0.29, 0.717) is 11.2 Å². The fourth-order valence-electron chi connectivity index (χ4n) is 5.02. The molecule has 2 aliphatic rings. The number of carbonyl (C=O) groups is 1. The van der Waals surface area contributed by atoms with Crippen LogP contribution >= 0.6 is 0 Å². The number of benzene rings is 2. The Kier molecular flexibility index (Phi) is 6.90. The zero-order valence-corrected chi connectivity index (χ0v) is 23.1. The number of aromatic nitrogens is 1. The number of anilines is 2. The van der Waals surface area contributed by atoms with Crippen LogP contribution in [-0.2, 0) is 14.0 Å². The van der Waals surface area contributed by atoms with Crippen molar-refractivity contribution >= 4 is 30.8 Å². The molecule has 2 heterocycles. The number of carbonyl (C=O) groups excluding carboxylic acids is 1. The van der Waals surface area contributed by atoms with E-state index < -0.39 is 24.4 Å². The van der Waals surface area contributed by atoms with Crippen LogP contribution in [0.1, 0.15) is 55.9 Å². The van der Waals surface area contributed by atoms with E-state index in [1.807, 2.05) is 65.0 Å². The van der Waals surface area contributed by atoms with Gasteiger partial charge in [0.15, 0.2) is 0 Å². The van der Waals surface area contributed by atoms with E-state index in [-0.39, 0.29) is 24.9 Å². The quantitative estimate of drug-likeness (QED) is 0.382. The molecule has 0 spiro atoms. The van der Waals surface area contributed by atoms with E-state index in [1.165, 1.54) is 11.1 Å². The Morgan fingerprint density at radius 1 is 1.03 bits per heavy atom. The summed E-state index contributed by atoms with van der Waals surface area (Å²) in [6.07, 6.45) is 3.01. The number of nitrogens with one attached hydrogen (secondary N) is 1. The Balaban J connectivity index is 1.33. The maximum atomic E-state index is 12.9. The molecule has 1 fully saturated rings. The van der Waals surface area contributed by atoms with Gasteiger partial charge in [-0.15, -0.1) is 0 Å². The Morgan fingerprint density at radius 2 is 1.59 bits per heavy atom. The number of ether oxygens (including phenoxy) is 1. The Hall–Kier alpha value is -3.82. The van der Waals surface area contributed by atoms with Crippen molar-refractivity contribution < 1.29 is 18.8 Å². The predicted octanol–water partition coefficient (Wildman–Crippen LogP) is 5.11. The van der Waals surface area contributed by atoms with E-state index in [0.717, 1.165) is 22.3 Å². The van der Waals surface area contributed by atoms with Gasteiger partial charge >= 0.3 is 13.2 Å². The summed E-state index contributed by atoms with van der Waals surface area (Å²) in [5.41, 5.74) is 18.3. The van der Waals surface area contributed by atoms with Gasteiger partial charge in [0.2, 0.25) is 0 Å². The first-order valence-electron chi connectivity index (χ1n) is 13.1. The Labute approximate surface area is 229 Å². The van der Waals surface area contributed by atoms with Crippen LogP contribution in [0.15, 0.2) is 60.2 Å². The zero-order chi connectivity index (χ0) is 27.9. The number of nitrogens with zero attached hydrogens (tertiary/aromatic N) is 1. The summed E-state index contributed by atoms with van der Waals surface area (Å²) in [5, 5.41) is 2.89. The lowest BCUT2D eigenvalue weighted by atomic mass is 9.76. The molecule has 1 aliphatic heterocycles. The molecule has 5 N–H and O–H groups in total. The lowest BCUT2D eigenvalue weighted by Gasteiger charge is -2.32. The number of alkyl carbamates (subject to hydrolysis) is 1. The molecule has 0 unspecified atom stereocenters. The van der Waals surface area contributed by atoms with Crippen LogP contribution in [-0.4, -0.2) is 42.5 Å². The molecule has 5 rings (SSSR count). The summed E-state index contributed by atoms with van der Waals surface area (Å²) in [5.74, 6) is 0.256. The van der Waals surface area contributed by atoms with Crippen LogP contribution in [0, 0.1) is 6.92 Å². The van der Waals surface area contributed by atoms with Crippen LogP contribution in [0.25, 0.3) is 17.2 Å². The summed E-state index contributed by atoms with van der Waals surface area (Å²) in [6.45, 7) is 10.2. The minimum Gasteiger partial charge on any atom is -0.449 e. The maximum absolute atomic E-state index is 12.9. The highest BCUT2D eigenvalue weighted by atomic mass is 16.7. The van der Waals surface area contributed by atoms with Gasteiger partial charge < -0.3 is 30.8 Å². The molecule has 0 bridgehead atoms. The maximum Gasteiger partial charge on any atom is 0.492 e. The average molecular weight is 526 g/mol. The highest BCUT2D eigenvalue weighted by Gasteiger charge is 2.52. The van der Waals surface area contributed by atoms with Crippen LogP contribution in [0.3, 0.4) is 0 Å². The Morgan fingerprint density at radius 3 is 2.18 bits per heavy atom. The third kappa shape index (κ3) is 5.00. The monoisotopic (exact) mass is 526 g/mol. The van der Waals surface area contributed by atoms with Crippen molar-refractivity contribution in [2.75, 3.05) is 24.6 Å². The number of nitrogens with two attached hydrogens (primary N) is 2. The number of hydrogen-bond donors (Lipinski definition) is 3. The largest absolute Gasteiger partial charge is 0.492 e. The first-order valence-corrected chi connectivity index (χ1v) is 13.1. The van der Waals surface area contributed by atoms with Gasteiger partial charge in [-0.05, 0) is 73.5 Å². The molecule has 0 atom stereocenters. The van der Waals surface area contributed by atoms with Crippen molar-refractivity contribution in [3.63, 3.8) is 0 Å². The summed E-state index contributed by atoms with van der Waals surface area (Å²) in [6, 6.07) is 16.5. The highest BCUT2D eigenvalue weighted by Crippen LogP contribution is 2.44.